The molecule has 25 heavy (non-hydrogen) atoms. The fourth-order valence-corrected chi connectivity index (χ4v) is 4.43. The van der Waals surface area contributed by atoms with Gasteiger partial charge in [0.15, 0.2) is 5.82 Å². The van der Waals surface area contributed by atoms with Crippen molar-refractivity contribution in [1.82, 2.24) is 28.5 Å². The van der Waals surface area contributed by atoms with E-state index in [1.54, 1.807) is 24.6 Å². The lowest BCUT2D eigenvalue weighted by molar-refractivity contribution is 0.238. The van der Waals surface area contributed by atoms with E-state index in [-0.39, 0.29) is 6.04 Å². The Bertz CT molecular complexity index is 861. The Morgan fingerprint density at radius 1 is 1.24 bits per heavy atom. The van der Waals surface area contributed by atoms with Gasteiger partial charge in [0.1, 0.15) is 11.5 Å². The first-order chi connectivity index (χ1) is 11.8. The van der Waals surface area contributed by atoms with Gasteiger partial charge in [-0.05, 0) is 32.8 Å². The number of H-pyrrole nitrogens is 1. The molecule has 0 spiro atoms. The number of imidazole rings is 1. The van der Waals surface area contributed by atoms with Crippen LogP contribution in [0.5, 0.6) is 0 Å². The summed E-state index contributed by atoms with van der Waals surface area (Å²) in [4.78, 5) is 16.5. The number of aryl methyl sites for hydroxylation is 2. The summed E-state index contributed by atoms with van der Waals surface area (Å²) in [7, 11) is -0.383. The third-order valence-electron chi connectivity index (χ3n) is 4.36. The van der Waals surface area contributed by atoms with Gasteiger partial charge in [-0.2, -0.15) is 17.0 Å². The Morgan fingerprint density at radius 3 is 2.64 bits per heavy atom. The number of hydrogen-bond acceptors (Lipinski definition) is 5. The van der Waals surface area contributed by atoms with Crippen LogP contribution in [-0.2, 0) is 10.2 Å². The first-order valence-electron chi connectivity index (χ1n) is 8.36. The number of hydrogen-bond donors (Lipinski definition) is 1. The SMILES string of the molecule is Cc1nc(-c2ncc(C)[nH]2)cc(C2CCCCN2S(=O)(=O)N(C)C)n1. The lowest BCUT2D eigenvalue weighted by Crippen LogP contribution is -2.44. The molecule has 3 heterocycles. The molecule has 8 nitrogen and oxygen atoms in total. The molecule has 0 radical (unpaired) electrons. The fourth-order valence-electron chi connectivity index (χ4n) is 3.11. The lowest BCUT2D eigenvalue weighted by atomic mass is 10.0. The number of rotatable bonds is 4. The molecule has 0 aliphatic carbocycles. The highest BCUT2D eigenvalue weighted by molar-refractivity contribution is 7.86. The molecule has 0 amide bonds. The van der Waals surface area contributed by atoms with Crippen molar-refractivity contribution in [2.45, 2.75) is 39.2 Å². The first-order valence-corrected chi connectivity index (χ1v) is 9.75. The van der Waals surface area contributed by atoms with E-state index >= 15 is 0 Å². The fraction of sp³-hybridized carbons (Fsp3) is 0.562. The Hall–Kier alpha value is -1.84. The molecule has 3 rings (SSSR count). The molecular weight excluding hydrogens is 340 g/mol. The number of aromatic nitrogens is 4. The van der Waals surface area contributed by atoms with E-state index in [1.165, 1.54) is 4.31 Å². The van der Waals surface area contributed by atoms with Crippen LogP contribution in [-0.4, -0.2) is 57.6 Å². The van der Waals surface area contributed by atoms with Crippen LogP contribution in [0, 0.1) is 13.8 Å². The second kappa shape index (κ2) is 6.81. The molecule has 2 aromatic rings. The van der Waals surface area contributed by atoms with Crippen LogP contribution in [0.2, 0.25) is 0 Å². The van der Waals surface area contributed by atoms with Gasteiger partial charge in [-0.15, -0.1) is 0 Å². The quantitative estimate of drug-likeness (QED) is 0.893. The van der Waals surface area contributed by atoms with E-state index in [2.05, 4.69) is 19.9 Å². The third-order valence-corrected chi connectivity index (χ3v) is 6.31. The van der Waals surface area contributed by atoms with Gasteiger partial charge in [-0.3, -0.25) is 0 Å². The number of nitrogens with zero attached hydrogens (tertiary/aromatic N) is 5. The second-order valence-electron chi connectivity index (χ2n) is 6.55. The lowest BCUT2D eigenvalue weighted by Gasteiger charge is -2.35. The van der Waals surface area contributed by atoms with Crippen molar-refractivity contribution in [3.63, 3.8) is 0 Å². The van der Waals surface area contributed by atoms with Crippen LogP contribution >= 0.6 is 0 Å². The monoisotopic (exact) mass is 364 g/mol. The van der Waals surface area contributed by atoms with Crippen LogP contribution < -0.4 is 0 Å². The minimum absolute atomic E-state index is 0.280. The molecule has 1 aliphatic rings. The average molecular weight is 364 g/mol. The van der Waals surface area contributed by atoms with E-state index in [0.29, 0.717) is 23.9 Å². The Kier molecular flexibility index (Phi) is 4.90. The van der Waals surface area contributed by atoms with Crippen LogP contribution in [0.4, 0.5) is 0 Å². The summed E-state index contributed by atoms with van der Waals surface area (Å²) in [5.74, 6) is 1.27. The minimum Gasteiger partial charge on any atom is -0.341 e. The minimum atomic E-state index is -3.50. The molecule has 9 heteroatoms. The van der Waals surface area contributed by atoms with Gasteiger partial charge in [0, 0.05) is 32.5 Å². The molecule has 1 atom stereocenters. The highest BCUT2D eigenvalue weighted by atomic mass is 32.2. The van der Waals surface area contributed by atoms with Crippen molar-refractivity contribution in [2.75, 3.05) is 20.6 Å². The maximum Gasteiger partial charge on any atom is 0.282 e. The van der Waals surface area contributed by atoms with Crippen molar-refractivity contribution in [3.05, 3.63) is 29.5 Å². The van der Waals surface area contributed by atoms with Gasteiger partial charge in [-0.25, -0.2) is 15.0 Å². The van der Waals surface area contributed by atoms with Crippen LogP contribution in [0.15, 0.2) is 12.3 Å². The Labute approximate surface area is 148 Å². The van der Waals surface area contributed by atoms with Crippen molar-refractivity contribution in [2.24, 2.45) is 0 Å². The predicted molar refractivity (Wildman–Crippen MR) is 95.0 cm³/mol. The first kappa shape index (κ1) is 18.0. The van der Waals surface area contributed by atoms with Gasteiger partial charge in [0.05, 0.1) is 11.7 Å². The van der Waals surface area contributed by atoms with E-state index in [0.717, 1.165) is 30.7 Å². The van der Waals surface area contributed by atoms with E-state index in [4.69, 9.17) is 0 Å². The van der Waals surface area contributed by atoms with Gasteiger partial charge in [-0.1, -0.05) is 6.42 Å². The Morgan fingerprint density at radius 2 is 2.00 bits per heavy atom. The number of piperidine rings is 1. The zero-order chi connectivity index (χ0) is 18.2. The van der Waals surface area contributed by atoms with Crippen LogP contribution in [0.1, 0.15) is 42.5 Å². The predicted octanol–water partition coefficient (Wildman–Crippen LogP) is 1.82. The molecule has 136 valence electrons. The summed E-state index contributed by atoms with van der Waals surface area (Å²) in [5, 5.41) is 0. The molecule has 1 unspecified atom stereocenters. The summed E-state index contributed by atoms with van der Waals surface area (Å²) in [6, 6.07) is 1.57. The highest BCUT2D eigenvalue weighted by Gasteiger charge is 2.35. The largest absolute Gasteiger partial charge is 0.341 e. The second-order valence-corrected chi connectivity index (χ2v) is 8.65. The molecule has 2 aromatic heterocycles. The summed E-state index contributed by atoms with van der Waals surface area (Å²) in [6.45, 7) is 4.25. The van der Waals surface area contributed by atoms with Crippen molar-refractivity contribution in [3.8, 4) is 11.5 Å². The van der Waals surface area contributed by atoms with E-state index < -0.39 is 10.2 Å². The van der Waals surface area contributed by atoms with E-state index in [1.807, 2.05) is 19.9 Å². The van der Waals surface area contributed by atoms with Gasteiger partial charge in [0.2, 0.25) is 0 Å². The molecule has 1 N–H and O–H groups in total. The molecule has 1 fully saturated rings. The zero-order valence-corrected chi connectivity index (χ0v) is 15.8. The van der Waals surface area contributed by atoms with Crippen molar-refractivity contribution >= 4 is 10.2 Å². The zero-order valence-electron chi connectivity index (χ0n) is 15.0. The molecule has 0 bridgehead atoms. The Balaban J connectivity index is 2.03. The van der Waals surface area contributed by atoms with Gasteiger partial charge in [0.25, 0.3) is 10.2 Å². The van der Waals surface area contributed by atoms with Crippen LogP contribution in [0.3, 0.4) is 0 Å². The topological polar surface area (TPSA) is 95.1 Å². The summed E-state index contributed by atoms with van der Waals surface area (Å²) >= 11 is 0. The molecule has 1 aliphatic heterocycles. The van der Waals surface area contributed by atoms with E-state index in [9.17, 15) is 8.42 Å². The van der Waals surface area contributed by atoms with Crippen molar-refractivity contribution < 1.29 is 8.42 Å². The third kappa shape index (κ3) is 3.58. The molecule has 0 saturated carbocycles. The highest BCUT2D eigenvalue weighted by Crippen LogP contribution is 2.33. The summed E-state index contributed by atoms with van der Waals surface area (Å²) in [6.07, 6.45) is 4.33. The molecule has 1 saturated heterocycles. The summed E-state index contributed by atoms with van der Waals surface area (Å²) in [5.41, 5.74) is 2.35. The maximum atomic E-state index is 12.7. The molecule has 0 aromatic carbocycles. The van der Waals surface area contributed by atoms with Crippen molar-refractivity contribution in [1.29, 1.82) is 0 Å². The average Bonchev–Trinajstić information content (AvgIpc) is 3.00. The standard InChI is InChI=1S/C16H24N6O2S/c1-11-10-17-16(18-11)14-9-13(19-12(2)20-14)15-7-5-6-8-22(15)25(23,24)21(3)4/h9-10,15H,5-8H2,1-4H3,(H,17,18). The smallest absolute Gasteiger partial charge is 0.282 e. The summed E-state index contributed by atoms with van der Waals surface area (Å²) < 4.78 is 28.2. The van der Waals surface area contributed by atoms with Gasteiger partial charge >= 0.3 is 0 Å². The molecular formula is C16H24N6O2S. The number of aromatic amines is 1. The van der Waals surface area contributed by atoms with Crippen LogP contribution in [0.25, 0.3) is 11.5 Å². The maximum absolute atomic E-state index is 12.7. The van der Waals surface area contributed by atoms with Gasteiger partial charge < -0.3 is 4.98 Å². The normalized spacial score (nSPS) is 19.5. The number of nitrogens with one attached hydrogen (secondary N) is 1.